The number of nitrogens with zero attached hydrogens (tertiary/aromatic N) is 1. The van der Waals surface area contributed by atoms with Crippen LogP contribution in [0, 0.1) is 11.8 Å². The molecule has 2 fully saturated rings. The fourth-order valence-electron chi connectivity index (χ4n) is 3.38. The van der Waals surface area contributed by atoms with E-state index in [0.717, 1.165) is 24.8 Å². The Morgan fingerprint density at radius 1 is 1.21 bits per heavy atom. The van der Waals surface area contributed by atoms with E-state index in [1.165, 1.54) is 0 Å². The molecule has 0 bridgehead atoms. The van der Waals surface area contributed by atoms with Crippen molar-refractivity contribution in [2.75, 3.05) is 26.5 Å². The molecule has 1 aromatic carbocycles. The Balaban J connectivity index is 1.81. The Kier molecular flexibility index (Phi) is 6.75. The summed E-state index contributed by atoms with van der Waals surface area (Å²) < 4.78 is 10.7. The van der Waals surface area contributed by atoms with Crippen molar-refractivity contribution in [1.82, 2.24) is 10.2 Å². The zero-order chi connectivity index (χ0) is 20.3. The van der Waals surface area contributed by atoms with Gasteiger partial charge in [-0.2, -0.15) is 0 Å². The second-order valence-corrected chi connectivity index (χ2v) is 8.92. The summed E-state index contributed by atoms with van der Waals surface area (Å²) in [4.78, 5) is 27.7. The number of carbonyl (C=O) groups is 2. The molecule has 7 heteroatoms. The molecule has 1 heterocycles. The lowest BCUT2D eigenvalue weighted by Crippen LogP contribution is -2.48. The molecule has 1 N–H and O–H groups in total. The number of carbonyl (C=O) groups excluding carboxylic acids is 2. The monoisotopic (exact) mass is 406 g/mol. The fourth-order valence-corrected chi connectivity index (χ4v) is 4.81. The molecule has 0 unspecified atom stereocenters. The topological polar surface area (TPSA) is 67.9 Å². The van der Waals surface area contributed by atoms with E-state index in [2.05, 4.69) is 19.2 Å². The molecule has 0 spiro atoms. The van der Waals surface area contributed by atoms with Crippen molar-refractivity contribution in [3.05, 3.63) is 23.8 Å². The van der Waals surface area contributed by atoms with E-state index < -0.39 is 6.04 Å². The van der Waals surface area contributed by atoms with Crippen LogP contribution < -0.4 is 14.8 Å². The summed E-state index contributed by atoms with van der Waals surface area (Å²) in [6.07, 6.45) is 2.77. The molecular formula is C21H30N2O4S. The van der Waals surface area contributed by atoms with Gasteiger partial charge in [-0.25, -0.2) is 0 Å². The first-order valence-electron chi connectivity index (χ1n) is 9.89. The number of hydrogen-bond acceptors (Lipinski definition) is 5. The van der Waals surface area contributed by atoms with E-state index in [0.29, 0.717) is 29.7 Å². The van der Waals surface area contributed by atoms with Crippen LogP contribution in [0.2, 0.25) is 0 Å². The zero-order valence-electron chi connectivity index (χ0n) is 17.1. The van der Waals surface area contributed by atoms with E-state index in [9.17, 15) is 9.59 Å². The first kappa shape index (κ1) is 20.8. The van der Waals surface area contributed by atoms with Gasteiger partial charge < -0.3 is 19.7 Å². The summed E-state index contributed by atoms with van der Waals surface area (Å²) >= 11 is 1.63. The largest absolute Gasteiger partial charge is 0.493 e. The van der Waals surface area contributed by atoms with Crippen molar-refractivity contribution in [3.8, 4) is 11.5 Å². The third-order valence-corrected chi connectivity index (χ3v) is 6.52. The van der Waals surface area contributed by atoms with Crippen molar-refractivity contribution in [3.63, 3.8) is 0 Å². The first-order valence-corrected chi connectivity index (χ1v) is 10.9. The maximum absolute atomic E-state index is 13.0. The lowest BCUT2D eigenvalue weighted by molar-refractivity contribution is -0.140. The predicted octanol–water partition coefficient (Wildman–Crippen LogP) is 3.22. The predicted molar refractivity (Wildman–Crippen MR) is 111 cm³/mol. The number of rotatable bonds is 8. The highest BCUT2D eigenvalue weighted by Crippen LogP contribution is 2.46. The second kappa shape index (κ2) is 9.07. The highest BCUT2D eigenvalue weighted by molar-refractivity contribution is 7.99. The Morgan fingerprint density at radius 2 is 1.93 bits per heavy atom. The minimum atomic E-state index is -0.427. The highest BCUT2D eigenvalue weighted by atomic mass is 32.2. The summed E-state index contributed by atoms with van der Waals surface area (Å²) in [6.45, 7) is 4.91. The average Bonchev–Trinajstić information content (AvgIpc) is 3.44. The minimum Gasteiger partial charge on any atom is -0.493 e. The van der Waals surface area contributed by atoms with Crippen molar-refractivity contribution in [2.45, 2.75) is 44.5 Å². The standard InChI is InChI=1S/C21H30N2O4S/c1-13(2)9-10-22-19(24)16-12-28-21(23(16)20(25)14-5-6-14)15-7-8-17(26-3)18(11-15)27-4/h7-8,11,13-14,16,21H,5-6,9-10,12H2,1-4H3,(H,22,24)/t16-,21+/m1/s1. The highest BCUT2D eigenvalue weighted by Gasteiger charge is 2.46. The van der Waals surface area contributed by atoms with Gasteiger partial charge in [0.1, 0.15) is 11.4 Å². The van der Waals surface area contributed by atoms with Crippen LogP contribution in [0.4, 0.5) is 0 Å². The molecular weight excluding hydrogens is 376 g/mol. The SMILES string of the molecule is COc1ccc([C@@H]2SC[C@H](C(=O)NCCC(C)C)N2C(=O)C2CC2)cc1OC. The zero-order valence-corrected chi connectivity index (χ0v) is 17.9. The Hall–Kier alpha value is -1.89. The fraction of sp³-hybridized carbons (Fsp3) is 0.619. The summed E-state index contributed by atoms with van der Waals surface area (Å²) in [6, 6.07) is 5.28. The number of amides is 2. The molecule has 3 rings (SSSR count). The maximum Gasteiger partial charge on any atom is 0.243 e. The van der Waals surface area contributed by atoms with E-state index in [-0.39, 0.29) is 23.1 Å². The van der Waals surface area contributed by atoms with E-state index >= 15 is 0 Å². The summed E-state index contributed by atoms with van der Waals surface area (Å²) in [5.41, 5.74) is 0.953. The van der Waals surface area contributed by atoms with Crippen LogP contribution >= 0.6 is 11.8 Å². The molecule has 28 heavy (non-hydrogen) atoms. The second-order valence-electron chi connectivity index (χ2n) is 7.81. The third kappa shape index (κ3) is 4.57. The average molecular weight is 407 g/mol. The van der Waals surface area contributed by atoms with Crippen molar-refractivity contribution < 1.29 is 19.1 Å². The molecule has 2 aliphatic rings. The van der Waals surface area contributed by atoms with Gasteiger partial charge in [-0.3, -0.25) is 9.59 Å². The van der Waals surface area contributed by atoms with Crippen LogP contribution in [-0.4, -0.2) is 49.3 Å². The minimum absolute atomic E-state index is 0.0508. The van der Waals surface area contributed by atoms with Gasteiger partial charge in [-0.15, -0.1) is 11.8 Å². The number of benzene rings is 1. The Labute approximate surface area is 171 Å². The first-order chi connectivity index (χ1) is 13.5. The summed E-state index contributed by atoms with van der Waals surface area (Å²) in [7, 11) is 3.20. The molecule has 1 aromatic rings. The van der Waals surface area contributed by atoms with Crippen LogP contribution in [0.5, 0.6) is 11.5 Å². The Bertz CT molecular complexity index is 720. The lowest BCUT2D eigenvalue weighted by Gasteiger charge is -2.29. The smallest absolute Gasteiger partial charge is 0.243 e. The van der Waals surface area contributed by atoms with Crippen molar-refractivity contribution in [1.29, 1.82) is 0 Å². The van der Waals surface area contributed by atoms with Crippen LogP contribution in [0.15, 0.2) is 18.2 Å². The molecule has 6 nitrogen and oxygen atoms in total. The molecule has 1 saturated carbocycles. The number of ether oxygens (including phenoxy) is 2. The number of thioether (sulfide) groups is 1. The van der Waals surface area contributed by atoms with Crippen LogP contribution in [0.25, 0.3) is 0 Å². The molecule has 2 atom stereocenters. The van der Waals surface area contributed by atoms with Crippen molar-refractivity contribution >= 4 is 23.6 Å². The van der Waals surface area contributed by atoms with Gasteiger partial charge in [0.15, 0.2) is 11.5 Å². The molecule has 0 aromatic heterocycles. The number of hydrogen-bond donors (Lipinski definition) is 1. The van der Waals surface area contributed by atoms with E-state index in [4.69, 9.17) is 9.47 Å². The van der Waals surface area contributed by atoms with Gasteiger partial charge in [0.05, 0.1) is 14.2 Å². The summed E-state index contributed by atoms with van der Waals surface area (Å²) in [5.74, 6) is 2.51. The van der Waals surface area contributed by atoms with Crippen LogP contribution in [-0.2, 0) is 9.59 Å². The number of nitrogens with one attached hydrogen (secondary N) is 1. The third-order valence-electron chi connectivity index (χ3n) is 5.20. The quantitative estimate of drug-likeness (QED) is 0.718. The van der Waals surface area contributed by atoms with Gasteiger partial charge in [0.2, 0.25) is 11.8 Å². The number of methoxy groups -OCH3 is 2. The van der Waals surface area contributed by atoms with E-state index in [1.54, 1.807) is 30.9 Å². The Morgan fingerprint density at radius 3 is 2.54 bits per heavy atom. The molecule has 1 saturated heterocycles. The van der Waals surface area contributed by atoms with Gasteiger partial charge in [-0.1, -0.05) is 19.9 Å². The molecule has 0 radical (unpaired) electrons. The maximum atomic E-state index is 13.0. The van der Waals surface area contributed by atoms with E-state index in [1.807, 2.05) is 18.2 Å². The van der Waals surface area contributed by atoms with Crippen LogP contribution in [0.1, 0.15) is 44.0 Å². The van der Waals surface area contributed by atoms with Gasteiger partial charge in [-0.05, 0) is 42.9 Å². The normalized spacial score (nSPS) is 21.7. The van der Waals surface area contributed by atoms with Crippen LogP contribution in [0.3, 0.4) is 0 Å². The summed E-state index contributed by atoms with van der Waals surface area (Å²) in [5, 5.41) is 2.84. The van der Waals surface area contributed by atoms with Gasteiger partial charge in [0.25, 0.3) is 0 Å². The molecule has 1 aliphatic carbocycles. The molecule has 2 amide bonds. The van der Waals surface area contributed by atoms with Crippen molar-refractivity contribution in [2.24, 2.45) is 11.8 Å². The lowest BCUT2D eigenvalue weighted by atomic mass is 10.1. The van der Waals surface area contributed by atoms with Gasteiger partial charge >= 0.3 is 0 Å². The van der Waals surface area contributed by atoms with Gasteiger partial charge in [0, 0.05) is 18.2 Å². The molecule has 1 aliphatic heterocycles. The molecule has 154 valence electrons.